The first-order chi connectivity index (χ1) is 23.7. The van der Waals surface area contributed by atoms with Gasteiger partial charge in [-0.05, 0) is 77.4 Å². The lowest BCUT2D eigenvalue weighted by Gasteiger charge is -2.15. The number of benzene rings is 7. The second-order valence-corrected chi connectivity index (χ2v) is 12.0. The van der Waals surface area contributed by atoms with Gasteiger partial charge in [0.05, 0.1) is 51.0 Å². The molecule has 0 aliphatic rings. The van der Waals surface area contributed by atoms with Crippen LogP contribution in [0, 0.1) is 22.7 Å². The monoisotopic (exact) mass is 610 g/mol. The van der Waals surface area contributed by atoms with Gasteiger partial charge in [0.2, 0.25) is 0 Å². The lowest BCUT2D eigenvalue weighted by molar-refractivity contribution is 1.18. The molecule has 0 unspecified atom stereocenters. The predicted octanol–water partition coefficient (Wildman–Crippen LogP) is 11.0. The van der Waals surface area contributed by atoms with E-state index in [1.54, 1.807) is 0 Å². The van der Waals surface area contributed by atoms with Gasteiger partial charge >= 0.3 is 0 Å². The Labute approximate surface area is 277 Å². The molecule has 0 radical (unpaired) electrons. The van der Waals surface area contributed by atoms with Crippen molar-refractivity contribution in [1.29, 1.82) is 10.5 Å². The fourth-order valence-corrected chi connectivity index (χ4v) is 7.20. The molecule has 0 saturated heterocycles. The van der Waals surface area contributed by atoms with Crippen LogP contribution in [0.4, 0.5) is 0 Å². The number of hydrogen-bond donors (Lipinski definition) is 0. The summed E-state index contributed by atoms with van der Waals surface area (Å²) in [6.07, 6.45) is 0. The van der Waals surface area contributed by atoms with Crippen molar-refractivity contribution in [2.24, 2.45) is 0 Å². The Kier molecular flexibility index (Phi) is 6.22. The smallest absolute Gasteiger partial charge is 0.0992 e. The van der Waals surface area contributed by atoms with E-state index in [2.05, 4.69) is 130 Å². The first-order valence-corrected chi connectivity index (χ1v) is 15.9. The number of nitriles is 2. The average molecular weight is 611 g/mol. The largest absolute Gasteiger partial charge is 0.309 e. The summed E-state index contributed by atoms with van der Waals surface area (Å²) >= 11 is 0. The van der Waals surface area contributed by atoms with E-state index >= 15 is 0 Å². The minimum absolute atomic E-state index is 0.590. The SMILES string of the molecule is N#Cc1ccc(-c2ccc(-c3cccc(-n4c5ccccc5c5ccccc54)c3)cc2)c(-n2c3ccccc3c3cc(C#N)ccc32)c1. The van der Waals surface area contributed by atoms with Crippen LogP contribution in [0.15, 0.2) is 158 Å². The third-order valence-electron chi connectivity index (χ3n) is 9.38. The zero-order valence-electron chi connectivity index (χ0n) is 25.8. The van der Waals surface area contributed by atoms with Crippen molar-refractivity contribution in [3.8, 4) is 45.8 Å². The molecule has 0 atom stereocenters. The van der Waals surface area contributed by atoms with Gasteiger partial charge in [-0.2, -0.15) is 10.5 Å². The summed E-state index contributed by atoms with van der Waals surface area (Å²) in [5.74, 6) is 0. The summed E-state index contributed by atoms with van der Waals surface area (Å²) in [6, 6.07) is 59.1. The maximum Gasteiger partial charge on any atom is 0.0992 e. The zero-order chi connectivity index (χ0) is 32.2. The molecule has 0 aliphatic heterocycles. The summed E-state index contributed by atoms with van der Waals surface area (Å²) < 4.78 is 4.56. The molecule has 0 bridgehead atoms. The summed E-state index contributed by atoms with van der Waals surface area (Å²) in [5, 5.41) is 24.1. The second-order valence-electron chi connectivity index (χ2n) is 12.0. The molecule has 4 nitrogen and oxygen atoms in total. The van der Waals surface area contributed by atoms with E-state index < -0.39 is 0 Å². The molecular formula is C44H26N4. The van der Waals surface area contributed by atoms with E-state index in [9.17, 15) is 10.5 Å². The van der Waals surface area contributed by atoms with Crippen LogP contribution in [0.3, 0.4) is 0 Å². The van der Waals surface area contributed by atoms with Crippen LogP contribution in [0.25, 0.3) is 77.2 Å². The van der Waals surface area contributed by atoms with Gasteiger partial charge in [0.1, 0.15) is 0 Å². The molecule has 9 rings (SSSR count). The minimum Gasteiger partial charge on any atom is -0.309 e. The maximum absolute atomic E-state index is 9.89. The fraction of sp³-hybridized carbons (Fsp3) is 0. The summed E-state index contributed by atoms with van der Waals surface area (Å²) in [7, 11) is 0. The van der Waals surface area contributed by atoms with Crippen molar-refractivity contribution in [3.63, 3.8) is 0 Å². The van der Waals surface area contributed by atoms with Crippen molar-refractivity contribution in [1.82, 2.24) is 9.13 Å². The lowest BCUT2D eigenvalue weighted by atomic mass is 9.97. The van der Waals surface area contributed by atoms with Gasteiger partial charge in [0.15, 0.2) is 0 Å². The first kappa shape index (κ1) is 27.4. The molecule has 0 spiro atoms. The lowest BCUT2D eigenvalue weighted by Crippen LogP contribution is -1.98. The number of para-hydroxylation sites is 3. The van der Waals surface area contributed by atoms with Crippen LogP contribution in [-0.2, 0) is 0 Å². The average Bonchev–Trinajstić information content (AvgIpc) is 3.67. The quantitative estimate of drug-likeness (QED) is 0.199. The standard InChI is InChI=1S/C44H26N4/c45-27-29-17-23-43-39(24-29)38-12-3-6-15-42(38)48(43)44-25-30(28-46)16-22-35(44)32-20-18-31(19-21-32)33-8-7-9-34(26-33)47-40-13-4-1-10-36(40)37-11-2-5-14-41(37)47/h1-26H. The highest BCUT2D eigenvalue weighted by Crippen LogP contribution is 2.38. The predicted molar refractivity (Wildman–Crippen MR) is 195 cm³/mol. The van der Waals surface area contributed by atoms with Crippen LogP contribution in [0.1, 0.15) is 11.1 Å². The first-order valence-electron chi connectivity index (χ1n) is 15.9. The highest BCUT2D eigenvalue weighted by Gasteiger charge is 2.17. The van der Waals surface area contributed by atoms with Crippen LogP contribution < -0.4 is 0 Å². The molecule has 0 amide bonds. The van der Waals surface area contributed by atoms with E-state index in [-0.39, 0.29) is 0 Å². The number of rotatable bonds is 4. The molecule has 7 aromatic carbocycles. The molecular weight excluding hydrogens is 585 g/mol. The molecule has 0 saturated carbocycles. The van der Waals surface area contributed by atoms with Crippen LogP contribution >= 0.6 is 0 Å². The van der Waals surface area contributed by atoms with Crippen molar-refractivity contribution in [2.75, 3.05) is 0 Å². The van der Waals surface area contributed by atoms with Crippen molar-refractivity contribution >= 4 is 43.6 Å². The van der Waals surface area contributed by atoms with Gasteiger partial charge in [0, 0.05) is 32.8 Å². The van der Waals surface area contributed by atoms with E-state index in [0.29, 0.717) is 11.1 Å². The topological polar surface area (TPSA) is 57.4 Å². The molecule has 2 aromatic heterocycles. The second kappa shape index (κ2) is 10.9. The van der Waals surface area contributed by atoms with Gasteiger partial charge in [-0.1, -0.05) is 97.1 Å². The van der Waals surface area contributed by atoms with Gasteiger partial charge in [0.25, 0.3) is 0 Å². The van der Waals surface area contributed by atoms with Crippen LogP contribution in [0.5, 0.6) is 0 Å². The number of fused-ring (bicyclic) bond motifs is 6. The Morgan fingerprint density at radius 3 is 1.58 bits per heavy atom. The third-order valence-corrected chi connectivity index (χ3v) is 9.38. The van der Waals surface area contributed by atoms with Crippen molar-refractivity contribution in [2.45, 2.75) is 0 Å². The molecule has 222 valence electrons. The Morgan fingerprint density at radius 1 is 0.375 bits per heavy atom. The number of nitrogens with zero attached hydrogens (tertiary/aromatic N) is 4. The Hall–Kier alpha value is -6.88. The Balaban J connectivity index is 1.17. The Morgan fingerprint density at radius 2 is 0.917 bits per heavy atom. The van der Waals surface area contributed by atoms with Crippen LogP contribution in [0.2, 0.25) is 0 Å². The van der Waals surface area contributed by atoms with Gasteiger partial charge in [-0.25, -0.2) is 0 Å². The van der Waals surface area contributed by atoms with Crippen molar-refractivity contribution in [3.05, 3.63) is 169 Å². The van der Waals surface area contributed by atoms with E-state index in [4.69, 9.17) is 0 Å². The number of hydrogen-bond acceptors (Lipinski definition) is 2. The molecule has 0 aliphatic carbocycles. The highest BCUT2D eigenvalue weighted by molar-refractivity contribution is 6.11. The normalized spacial score (nSPS) is 11.3. The zero-order valence-corrected chi connectivity index (χ0v) is 25.8. The minimum atomic E-state index is 0.590. The van der Waals surface area contributed by atoms with Gasteiger partial charge < -0.3 is 9.13 Å². The molecule has 9 aromatic rings. The molecule has 0 fully saturated rings. The van der Waals surface area contributed by atoms with Crippen molar-refractivity contribution < 1.29 is 0 Å². The maximum atomic E-state index is 9.89. The molecule has 4 heteroatoms. The summed E-state index contributed by atoms with van der Waals surface area (Å²) in [5.41, 5.74) is 12.0. The van der Waals surface area contributed by atoms with Gasteiger partial charge in [-0.3, -0.25) is 0 Å². The van der Waals surface area contributed by atoms with E-state index in [1.165, 1.54) is 21.8 Å². The third kappa shape index (κ3) is 4.22. The summed E-state index contributed by atoms with van der Waals surface area (Å²) in [4.78, 5) is 0. The highest BCUT2D eigenvalue weighted by atomic mass is 15.0. The molecule has 48 heavy (non-hydrogen) atoms. The Bertz CT molecular complexity index is 2750. The molecule has 2 heterocycles. The summed E-state index contributed by atoms with van der Waals surface area (Å²) in [6.45, 7) is 0. The fourth-order valence-electron chi connectivity index (χ4n) is 7.20. The van der Waals surface area contributed by atoms with Gasteiger partial charge in [-0.15, -0.1) is 0 Å². The van der Waals surface area contributed by atoms with E-state index in [0.717, 1.165) is 55.4 Å². The number of aromatic nitrogens is 2. The molecule has 0 N–H and O–H groups in total. The van der Waals surface area contributed by atoms with E-state index in [1.807, 2.05) is 48.5 Å². The van der Waals surface area contributed by atoms with Crippen LogP contribution in [-0.4, -0.2) is 9.13 Å².